The van der Waals surface area contributed by atoms with Gasteiger partial charge in [0.05, 0.1) is 0 Å². The normalized spacial score (nSPS) is 13.4. The van der Waals surface area contributed by atoms with Crippen LogP contribution in [0.15, 0.2) is 66.8 Å². The predicted molar refractivity (Wildman–Crippen MR) is 82.6 cm³/mol. The van der Waals surface area contributed by atoms with Crippen LogP contribution in [-0.4, -0.2) is 0 Å². The van der Waals surface area contributed by atoms with Crippen molar-refractivity contribution in [2.45, 2.75) is 13.3 Å². The lowest BCUT2D eigenvalue weighted by Crippen LogP contribution is -1.96. The Morgan fingerprint density at radius 3 is 2.37 bits per heavy atom. The summed E-state index contributed by atoms with van der Waals surface area (Å²) in [6.45, 7) is 2.12. The Hall–Kier alpha value is -2.28. The fourth-order valence-corrected chi connectivity index (χ4v) is 2.36. The van der Waals surface area contributed by atoms with E-state index < -0.39 is 0 Å². The van der Waals surface area contributed by atoms with Gasteiger partial charge in [0, 0.05) is 16.9 Å². The highest BCUT2D eigenvalue weighted by Gasteiger charge is 2.08. The Kier molecular flexibility index (Phi) is 3.20. The van der Waals surface area contributed by atoms with Gasteiger partial charge in [0.2, 0.25) is 0 Å². The van der Waals surface area contributed by atoms with Crippen LogP contribution in [0.5, 0.6) is 0 Å². The number of aryl methyl sites for hydroxylation is 1. The molecule has 0 heterocycles. The lowest BCUT2D eigenvalue weighted by Gasteiger charge is -2.13. The number of hydrogen-bond acceptors (Lipinski definition) is 1. The number of hydrogen-bond donors (Lipinski definition) is 1. The van der Waals surface area contributed by atoms with Crippen molar-refractivity contribution in [1.29, 1.82) is 0 Å². The van der Waals surface area contributed by atoms with E-state index in [1.807, 2.05) is 0 Å². The van der Waals surface area contributed by atoms with Gasteiger partial charge in [-0.3, -0.25) is 0 Å². The maximum atomic E-state index is 3.54. The molecule has 1 aliphatic rings. The van der Waals surface area contributed by atoms with E-state index in [1.165, 1.54) is 16.7 Å². The second-order valence-corrected chi connectivity index (χ2v) is 4.78. The number of para-hydroxylation sites is 2. The molecule has 1 heteroatoms. The molecule has 0 radical (unpaired) electrons. The van der Waals surface area contributed by atoms with Gasteiger partial charge in [-0.25, -0.2) is 0 Å². The minimum absolute atomic E-state index is 1.04. The molecule has 0 fully saturated rings. The molecular formula is C18H17N. The smallest absolute Gasteiger partial charge is 0.0463 e. The predicted octanol–water partition coefficient (Wildman–Crippen LogP) is 5.08. The van der Waals surface area contributed by atoms with Crippen LogP contribution in [0.3, 0.4) is 0 Å². The number of benzene rings is 2. The summed E-state index contributed by atoms with van der Waals surface area (Å²) < 4.78 is 0. The maximum absolute atomic E-state index is 3.54. The van der Waals surface area contributed by atoms with Crippen LogP contribution < -0.4 is 5.32 Å². The van der Waals surface area contributed by atoms with Gasteiger partial charge < -0.3 is 5.32 Å². The molecule has 94 valence electrons. The second-order valence-electron chi connectivity index (χ2n) is 4.78. The van der Waals surface area contributed by atoms with Crippen molar-refractivity contribution in [2.24, 2.45) is 0 Å². The molecular weight excluding hydrogens is 230 g/mol. The topological polar surface area (TPSA) is 12.0 Å². The van der Waals surface area contributed by atoms with Crippen molar-refractivity contribution in [1.82, 2.24) is 0 Å². The fourth-order valence-electron chi connectivity index (χ4n) is 2.36. The van der Waals surface area contributed by atoms with Crippen molar-refractivity contribution in [3.05, 3.63) is 77.9 Å². The second kappa shape index (κ2) is 5.15. The third kappa shape index (κ3) is 2.45. The molecule has 1 nitrogen and oxygen atoms in total. The third-order valence-corrected chi connectivity index (χ3v) is 3.42. The van der Waals surface area contributed by atoms with Gasteiger partial charge in [0.15, 0.2) is 0 Å². The molecule has 0 atom stereocenters. The summed E-state index contributed by atoms with van der Waals surface area (Å²) in [6, 6.07) is 16.8. The molecule has 0 spiro atoms. The standard InChI is InChI=1S/C18H17N/c1-14-8-2-6-12-17(14)19-18-13-7-5-11-16(18)15-9-3-4-10-15/h2-3,5-13,19H,4H2,1H3. The van der Waals surface area contributed by atoms with Crippen molar-refractivity contribution >= 4 is 16.9 Å². The molecule has 2 aromatic rings. The summed E-state index contributed by atoms with van der Waals surface area (Å²) in [5.41, 5.74) is 6.15. The summed E-state index contributed by atoms with van der Waals surface area (Å²) >= 11 is 0. The third-order valence-electron chi connectivity index (χ3n) is 3.42. The van der Waals surface area contributed by atoms with Crippen LogP contribution in [-0.2, 0) is 0 Å². The molecule has 0 amide bonds. The number of rotatable bonds is 3. The minimum atomic E-state index is 1.04. The van der Waals surface area contributed by atoms with E-state index in [4.69, 9.17) is 0 Å². The summed E-state index contributed by atoms with van der Waals surface area (Å²) in [4.78, 5) is 0. The van der Waals surface area contributed by atoms with Crippen LogP contribution in [0, 0.1) is 6.92 Å². The average molecular weight is 247 g/mol. The highest BCUT2D eigenvalue weighted by atomic mass is 14.9. The number of allylic oxidation sites excluding steroid dienone is 4. The van der Waals surface area contributed by atoms with Gasteiger partial charge in [-0.2, -0.15) is 0 Å². The molecule has 0 aliphatic heterocycles. The van der Waals surface area contributed by atoms with E-state index in [-0.39, 0.29) is 0 Å². The molecule has 0 aromatic heterocycles. The summed E-state index contributed by atoms with van der Waals surface area (Å²) in [5, 5.41) is 3.54. The first-order valence-corrected chi connectivity index (χ1v) is 6.63. The van der Waals surface area contributed by atoms with Crippen LogP contribution in [0.4, 0.5) is 11.4 Å². The molecule has 0 unspecified atom stereocenters. The molecule has 19 heavy (non-hydrogen) atoms. The Bertz CT molecular complexity index is 650. The lowest BCUT2D eigenvalue weighted by atomic mass is 10.0. The van der Waals surface area contributed by atoms with Crippen LogP contribution in [0.1, 0.15) is 17.5 Å². The van der Waals surface area contributed by atoms with Crippen molar-refractivity contribution in [2.75, 3.05) is 5.32 Å². The lowest BCUT2D eigenvalue weighted by molar-refractivity contribution is 1.42. The highest BCUT2D eigenvalue weighted by Crippen LogP contribution is 2.30. The molecule has 0 saturated carbocycles. The van der Waals surface area contributed by atoms with E-state index in [0.29, 0.717) is 0 Å². The fraction of sp³-hybridized carbons (Fsp3) is 0.111. The Morgan fingerprint density at radius 2 is 1.63 bits per heavy atom. The zero-order valence-corrected chi connectivity index (χ0v) is 11.1. The molecule has 1 N–H and O–H groups in total. The first kappa shape index (κ1) is 11.8. The summed E-state index contributed by atoms with van der Waals surface area (Å²) in [5.74, 6) is 0. The van der Waals surface area contributed by atoms with E-state index in [9.17, 15) is 0 Å². The molecule has 0 saturated heterocycles. The van der Waals surface area contributed by atoms with Gasteiger partial charge >= 0.3 is 0 Å². The SMILES string of the molecule is Cc1ccccc1Nc1ccccc1C1=CCC=C1. The highest BCUT2D eigenvalue weighted by molar-refractivity contribution is 5.85. The molecule has 3 rings (SSSR count). The van der Waals surface area contributed by atoms with Crippen LogP contribution in [0.2, 0.25) is 0 Å². The molecule has 2 aromatic carbocycles. The van der Waals surface area contributed by atoms with E-state index in [1.54, 1.807) is 0 Å². The van der Waals surface area contributed by atoms with E-state index in [0.717, 1.165) is 17.8 Å². The van der Waals surface area contributed by atoms with Gasteiger partial charge in [-0.05, 0) is 36.6 Å². The first-order valence-electron chi connectivity index (χ1n) is 6.63. The quantitative estimate of drug-likeness (QED) is 0.797. The van der Waals surface area contributed by atoms with Crippen molar-refractivity contribution < 1.29 is 0 Å². The van der Waals surface area contributed by atoms with Gasteiger partial charge in [-0.15, -0.1) is 0 Å². The Labute approximate surface area is 114 Å². The van der Waals surface area contributed by atoms with Gasteiger partial charge in [0.1, 0.15) is 0 Å². The Balaban J connectivity index is 1.98. The van der Waals surface area contributed by atoms with Crippen LogP contribution >= 0.6 is 0 Å². The van der Waals surface area contributed by atoms with Crippen LogP contribution in [0.25, 0.3) is 5.57 Å². The minimum Gasteiger partial charge on any atom is -0.355 e. The molecule has 0 bridgehead atoms. The van der Waals surface area contributed by atoms with E-state index >= 15 is 0 Å². The van der Waals surface area contributed by atoms with Crippen molar-refractivity contribution in [3.63, 3.8) is 0 Å². The zero-order chi connectivity index (χ0) is 13.1. The molecule has 1 aliphatic carbocycles. The van der Waals surface area contributed by atoms with Gasteiger partial charge in [0.25, 0.3) is 0 Å². The average Bonchev–Trinajstić information content (AvgIpc) is 2.96. The van der Waals surface area contributed by atoms with Gasteiger partial charge in [-0.1, -0.05) is 54.6 Å². The number of anilines is 2. The summed E-state index contributed by atoms with van der Waals surface area (Å²) in [6.07, 6.45) is 7.69. The number of nitrogens with one attached hydrogen (secondary N) is 1. The van der Waals surface area contributed by atoms with Crippen molar-refractivity contribution in [3.8, 4) is 0 Å². The largest absolute Gasteiger partial charge is 0.355 e. The zero-order valence-electron chi connectivity index (χ0n) is 11.1. The van der Waals surface area contributed by atoms with E-state index in [2.05, 4.69) is 79.0 Å². The Morgan fingerprint density at radius 1 is 0.895 bits per heavy atom. The monoisotopic (exact) mass is 247 g/mol. The first-order chi connectivity index (χ1) is 9.34. The summed E-state index contributed by atoms with van der Waals surface area (Å²) in [7, 11) is 0. The maximum Gasteiger partial charge on any atom is 0.0463 e.